The van der Waals surface area contributed by atoms with E-state index in [1.54, 1.807) is 0 Å². The molecular formula is H3BBrFP-. The van der Waals surface area contributed by atoms with Crippen LogP contribution < -0.4 is 0 Å². The molecule has 4 heteroatoms. The topological polar surface area (TPSA) is 0 Å². The SMILES string of the molecule is [BH3-]P(F)Br. The second kappa shape index (κ2) is 2.16. The quantitative estimate of drug-likeness (QED) is 0.350. The van der Waals surface area contributed by atoms with E-state index in [1.165, 1.54) is 0 Å². The lowest BCUT2D eigenvalue weighted by molar-refractivity contribution is 0.931. The molecule has 0 saturated heterocycles. The third-order valence-corrected chi connectivity index (χ3v) is 0. The third kappa shape index (κ3) is 12.9. The lowest BCUT2D eigenvalue weighted by atomic mass is 10.8. The van der Waals surface area contributed by atoms with Crippen LogP contribution in [0.15, 0.2) is 0 Å². The van der Waals surface area contributed by atoms with Gasteiger partial charge in [-0.3, -0.25) is 4.20 Å². The molecule has 26 valence electrons. The maximum atomic E-state index is 11.1. The van der Waals surface area contributed by atoms with E-state index in [4.69, 9.17) is 0 Å². The molecule has 0 aromatic rings. The van der Waals surface area contributed by atoms with Crippen molar-refractivity contribution in [2.24, 2.45) is 0 Å². The van der Waals surface area contributed by atoms with Crippen molar-refractivity contribution in [3.05, 3.63) is 0 Å². The molecule has 0 saturated carbocycles. The Morgan fingerprint density at radius 3 is 2.00 bits per heavy atom. The van der Waals surface area contributed by atoms with Crippen LogP contribution in [0.2, 0.25) is 0 Å². The van der Waals surface area contributed by atoms with Gasteiger partial charge in [0.1, 0.15) is 0 Å². The standard InChI is InChI=1S/BBrFH3P/c1-4(2)3/h1H3/q-1. The first-order valence-electron chi connectivity index (χ1n) is 0.338. The third-order valence-electron chi connectivity index (χ3n) is 0. The molecule has 4 heavy (non-hydrogen) atoms. The van der Waals surface area contributed by atoms with Gasteiger partial charge in [0.25, 0.3) is 0 Å². The molecule has 0 aromatic carbocycles. The highest BCUT2D eigenvalue weighted by molar-refractivity contribution is 9.41. The normalized spacial score (nSPS) is 15.8. The molecule has 0 aliphatic rings. The Balaban J connectivity index is 2.32. The highest BCUT2D eigenvalue weighted by Crippen LogP contribution is 2.38. The molecule has 0 nitrogen and oxygen atoms in total. The second-order valence-corrected chi connectivity index (χ2v) is 0.996. The first kappa shape index (κ1) is 4.90. The van der Waals surface area contributed by atoms with Gasteiger partial charge < -0.3 is 0 Å². The van der Waals surface area contributed by atoms with Gasteiger partial charge in [-0.1, -0.05) is 15.5 Å². The zero-order chi connectivity index (χ0) is 3.58. The highest BCUT2D eigenvalue weighted by Gasteiger charge is 1.67. The van der Waals surface area contributed by atoms with Gasteiger partial charge in [-0.15, -0.1) is 0 Å². The van der Waals surface area contributed by atoms with E-state index in [2.05, 4.69) is 15.5 Å². The molecule has 1 unspecified atom stereocenters. The Labute approximate surface area is 34.8 Å². The van der Waals surface area contributed by atoms with E-state index < -0.39 is 6.81 Å². The van der Waals surface area contributed by atoms with Crippen molar-refractivity contribution in [2.45, 2.75) is 0 Å². The molecule has 0 radical (unpaired) electrons. The van der Waals surface area contributed by atoms with Crippen LogP contribution in [0.25, 0.3) is 0 Å². The van der Waals surface area contributed by atoms with Crippen LogP contribution in [-0.4, -0.2) is 7.57 Å². The van der Waals surface area contributed by atoms with E-state index in [-0.39, 0.29) is 7.57 Å². The van der Waals surface area contributed by atoms with Crippen molar-refractivity contribution in [1.29, 1.82) is 0 Å². The molecule has 0 aromatic heterocycles. The number of hydrogen-bond acceptors (Lipinski definition) is 0. The Morgan fingerprint density at radius 2 is 2.00 bits per heavy atom. The van der Waals surface area contributed by atoms with E-state index in [1.807, 2.05) is 0 Å². The Kier molecular flexibility index (Phi) is 2.65. The van der Waals surface area contributed by atoms with Gasteiger partial charge in [0.05, 0.1) is 0 Å². The first-order valence-corrected chi connectivity index (χ1v) is 3.14. The van der Waals surface area contributed by atoms with Crippen molar-refractivity contribution >= 4 is 29.9 Å². The Morgan fingerprint density at radius 1 is 2.00 bits per heavy atom. The Hall–Kier alpha value is 0.905. The molecule has 0 aliphatic heterocycles. The van der Waals surface area contributed by atoms with Crippen molar-refractivity contribution in [1.82, 2.24) is 0 Å². The predicted molar refractivity (Wildman–Crippen MR) is 26.9 cm³/mol. The molecule has 0 spiro atoms. The molecule has 0 N–H and O–H groups in total. The van der Waals surface area contributed by atoms with Gasteiger partial charge >= 0.3 is 0 Å². The summed E-state index contributed by atoms with van der Waals surface area (Å²) in [7, 11) is 0.00926. The summed E-state index contributed by atoms with van der Waals surface area (Å²) < 4.78 is 11.1. The summed E-state index contributed by atoms with van der Waals surface area (Å²) in [5.41, 5.74) is 0. The lowest BCUT2D eigenvalue weighted by Crippen LogP contribution is -1.29. The number of hydrogen-bond donors (Lipinski definition) is 0. The van der Waals surface area contributed by atoms with Crippen LogP contribution in [0, 0.1) is 0 Å². The maximum absolute atomic E-state index is 11.1. The molecule has 0 rings (SSSR count). The number of rotatable bonds is 0. The van der Waals surface area contributed by atoms with Gasteiger partial charge in [-0.2, -0.15) is 0 Å². The second-order valence-electron chi connectivity index (χ2n) is 0.0639. The minimum Gasteiger partial charge on any atom is -0.261 e. The molecule has 0 amide bonds. The molecule has 0 bridgehead atoms. The van der Waals surface area contributed by atoms with Crippen LogP contribution in [0.5, 0.6) is 0 Å². The maximum Gasteiger partial charge on any atom is 0.0307 e. The highest BCUT2D eigenvalue weighted by atomic mass is 79.9. The first-order chi connectivity index (χ1) is 1.73. The lowest BCUT2D eigenvalue weighted by Gasteiger charge is -1.80. The zero-order valence-electron chi connectivity index (χ0n) is 1.20. The van der Waals surface area contributed by atoms with Crippen LogP contribution in [0.1, 0.15) is 0 Å². The summed E-state index contributed by atoms with van der Waals surface area (Å²) in [6.07, 6.45) is 0. The summed E-state index contributed by atoms with van der Waals surface area (Å²) in [5.74, 6) is 0. The summed E-state index contributed by atoms with van der Waals surface area (Å²) in [6, 6.07) is 0. The monoisotopic (exact) mass is 143 g/mol. The Bertz CT molecular complexity index is 12.8. The van der Waals surface area contributed by atoms with Gasteiger partial charge in [-0.25, -0.2) is 0 Å². The zero-order valence-corrected chi connectivity index (χ0v) is 3.68. The van der Waals surface area contributed by atoms with Gasteiger partial charge in [0.2, 0.25) is 0 Å². The smallest absolute Gasteiger partial charge is 0.0307 e. The van der Waals surface area contributed by atoms with Crippen LogP contribution in [-0.2, 0) is 0 Å². The molecular weight excluding hydrogens is 141 g/mol. The molecule has 0 aliphatic carbocycles. The van der Waals surface area contributed by atoms with Crippen molar-refractivity contribution in [2.75, 3.05) is 0 Å². The van der Waals surface area contributed by atoms with E-state index in [0.29, 0.717) is 0 Å². The molecule has 0 heterocycles. The van der Waals surface area contributed by atoms with E-state index in [0.717, 1.165) is 0 Å². The van der Waals surface area contributed by atoms with Crippen LogP contribution in [0.3, 0.4) is 0 Å². The molecule has 0 fully saturated rings. The minimum absolute atomic E-state index is 0.00926. The van der Waals surface area contributed by atoms with E-state index >= 15 is 0 Å². The summed E-state index contributed by atoms with van der Waals surface area (Å²) >= 11 is 2.78. The summed E-state index contributed by atoms with van der Waals surface area (Å²) in [5, 5.41) is 0. The number of halogens is 2. The van der Waals surface area contributed by atoms with E-state index in [9.17, 15) is 4.20 Å². The van der Waals surface area contributed by atoms with Gasteiger partial charge in [0, 0.05) is 7.57 Å². The average molecular weight is 144 g/mol. The minimum atomic E-state index is -1.06. The van der Waals surface area contributed by atoms with Crippen molar-refractivity contribution in [3.63, 3.8) is 0 Å². The fourth-order valence-electron chi connectivity index (χ4n) is 0. The van der Waals surface area contributed by atoms with Crippen LogP contribution in [0.4, 0.5) is 4.20 Å². The largest absolute Gasteiger partial charge is 0.261 e. The predicted octanol–water partition coefficient (Wildman–Crippen LogP) is 0.943. The van der Waals surface area contributed by atoms with Gasteiger partial charge in [0.15, 0.2) is 0 Å². The molecule has 1 atom stereocenters. The fraction of sp³-hybridized carbons (Fsp3) is 0. The van der Waals surface area contributed by atoms with Gasteiger partial charge in [-0.05, 0) is 6.81 Å². The summed E-state index contributed by atoms with van der Waals surface area (Å²) in [6.45, 7) is -1.06. The van der Waals surface area contributed by atoms with Crippen molar-refractivity contribution in [3.8, 4) is 0 Å². The average Bonchev–Trinajstić information content (AvgIpc) is 0.811. The summed E-state index contributed by atoms with van der Waals surface area (Å²) in [4.78, 5) is 0. The fourth-order valence-corrected chi connectivity index (χ4v) is 0. The van der Waals surface area contributed by atoms with Crippen LogP contribution >= 0.6 is 22.3 Å². The van der Waals surface area contributed by atoms with Crippen molar-refractivity contribution < 1.29 is 4.20 Å².